The average molecular weight is 251 g/mol. The molecule has 16 heavy (non-hydrogen) atoms. The van der Waals surface area contributed by atoms with Crippen LogP contribution in [-0.2, 0) is 4.74 Å². The zero-order valence-corrected chi connectivity index (χ0v) is 9.09. The van der Waals surface area contributed by atoms with Crippen LogP contribution in [0.5, 0.6) is 0 Å². The molecule has 0 radical (unpaired) electrons. The topological polar surface area (TPSA) is 65.2 Å². The molecule has 0 fully saturated rings. The summed E-state index contributed by atoms with van der Waals surface area (Å²) >= 11 is 5.62. The fourth-order valence-corrected chi connectivity index (χ4v) is 1.40. The third-order valence-corrected chi connectivity index (χ3v) is 2.14. The van der Waals surface area contributed by atoms with Crippen LogP contribution < -0.4 is 5.73 Å². The number of halogens is 3. The minimum atomic E-state index is -2.87. The van der Waals surface area contributed by atoms with Gasteiger partial charge < -0.3 is 10.5 Å². The third-order valence-electron chi connectivity index (χ3n) is 1.76. The van der Waals surface area contributed by atoms with Gasteiger partial charge in [-0.3, -0.25) is 4.98 Å². The summed E-state index contributed by atoms with van der Waals surface area (Å²) in [5.74, 6) is -0.839. The van der Waals surface area contributed by atoms with E-state index >= 15 is 0 Å². The van der Waals surface area contributed by atoms with Gasteiger partial charge in [0.05, 0.1) is 23.5 Å². The molecule has 0 saturated carbocycles. The number of hydrogen-bond donors (Lipinski definition) is 1. The Labute approximate surface area is 95.4 Å². The summed E-state index contributed by atoms with van der Waals surface area (Å²) in [5, 5.41) is -0.464. The molecule has 1 aromatic heterocycles. The van der Waals surface area contributed by atoms with E-state index in [0.29, 0.717) is 0 Å². The van der Waals surface area contributed by atoms with Gasteiger partial charge in [-0.05, 0) is 6.92 Å². The maximum absolute atomic E-state index is 12.4. The van der Waals surface area contributed by atoms with Crippen molar-refractivity contribution in [2.45, 2.75) is 13.3 Å². The Bertz CT molecular complexity index is 413. The van der Waals surface area contributed by atoms with Gasteiger partial charge in [-0.1, -0.05) is 11.6 Å². The van der Waals surface area contributed by atoms with Crippen molar-refractivity contribution in [3.63, 3.8) is 0 Å². The van der Waals surface area contributed by atoms with Crippen LogP contribution >= 0.6 is 11.6 Å². The van der Waals surface area contributed by atoms with E-state index in [1.165, 1.54) is 0 Å². The van der Waals surface area contributed by atoms with E-state index in [2.05, 4.69) is 9.72 Å². The molecule has 7 heteroatoms. The van der Waals surface area contributed by atoms with Crippen molar-refractivity contribution in [1.29, 1.82) is 0 Å². The van der Waals surface area contributed by atoms with Crippen LogP contribution in [-0.4, -0.2) is 17.6 Å². The standard InChI is InChI=1S/C9H9ClF2N2O2/c1-2-16-9(15)5-4(13)3-14-7(6(5)10)8(11)12/h3,8H,2,13H2,1H3. The summed E-state index contributed by atoms with van der Waals surface area (Å²) in [6.07, 6.45) is -1.92. The highest BCUT2D eigenvalue weighted by molar-refractivity contribution is 6.34. The third kappa shape index (κ3) is 2.38. The van der Waals surface area contributed by atoms with Gasteiger partial charge >= 0.3 is 5.97 Å². The van der Waals surface area contributed by atoms with Crippen LogP contribution in [0.4, 0.5) is 14.5 Å². The Morgan fingerprint density at radius 1 is 1.69 bits per heavy atom. The Kier molecular flexibility index (Phi) is 4.00. The Morgan fingerprint density at radius 3 is 2.81 bits per heavy atom. The molecule has 0 aliphatic heterocycles. The molecule has 0 amide bonds. The van der Waals surface area contributed by atoms with Crippen LogP contribution in [0.1, 0.15) is 29.4 Å². The van der Waals surface area contributed by atoms with E-state index < -0.39 is 23.1 Å². The van der Waals surface area contributed by atoms with Crippen molar-refractivity contribution < 1.29 is 18.3 Å². The molecule has 0 aromatic carbocycles. The van der Waals surface area contributed by atoms with Crippen LogP contribution in [0.3, 0.4) is 0 Å². The van der Waals surface area contributed by atoms with E-state index in [1.807, 2.05) is 0 Å². The van der Waals surface area contributed by atoms with Gasteiger partial charge in [0.15, 0.2) is 0 Å². The van der Waals surface area contributed by atoms with Crippen LogP contribution in [0.15, 0.2) is 6.20 Å². The number of hydrogen-bond acceptors (Lipinski definition) is 4. The van der Waals surface area contributed by atoms with Gasteiger partial charge in [-0.25, -0.2) is 13.6 Å². The van der Waals surface area contributed by atoms with E-state index in [9.17, 15) is 13.6 Å². The first-order chi connectivity index (χ1) is 7.49. The molecular formula is C9H9ClF2N2O2. The molecule has 88 valence electrons. The summed E-state index contributed by atoms with van der Waals surface area (Å²) in [6, 6.07) is 0. The van der Waals surface area contributed by atoms with E-state index in [1.54, 1.807) is 6.92 Å². The molecule has 2 N–H and O–H groups in total. The van der Waals surface area contributed by atoms with Gasteiger partial charge in [0.2, 0.25) is 0 Å². The van der Waals surface area contributed by atoms with E-state index in [0.717, 1.165) is 6.20 Å². The zero-order valence-electron chi connectivity index (χ0n) is 8.34. The number of pyridine rings is 1. The number of aromatic nitrogens is 1. The maximum Gasteiger partial charge on any atom is 0.341 e. The quantitative estimate of drug-likeness (QED) is 0.837. The summed E-state index contributed by atoms with van der Waals surface area (Å²) in [6.45, 7) is 1.68. The number of carbonyl (C=O) groups is 1. The maximum atomic E-state index is 12.4. The number of nitrogens with two attached hydrogens (primary N) is 1. The van der Waals surface area contributed by atoms with Crippen molar-refractivity contribution >= 4 is 23.3 Å². The molecule has 1 rings (SSSR count). The summed E-state index contributed by atoms with van der Waals surface area (Å²) < 4.78 is 29.5. The number of ether oxygens (including phenoxy) is 1. The van der Waals surface area contributed by atoms with Crippen molar-refractivity contribution in [2.24, 2.45) is 0 Å². The van der Waals surface area contributed by atoms with Crippen molar-refractivity contribution in [3.05, 3.63) is 22.5 Å². The molecule has 0 spiro atoms. The number of esters is 1. The average Bonchev–Trinajstić information content (AvgIpc) is 2.17. The second-order valence-electron chi connectivity index (χ2n) is 2.81. The van der Waals surface area contributed by atoms with Crippen LogP contribution in [0, 0.1) is 0 Å². The minimum absolute atomic E-state index is 0.0900. The molecule has 4 nitrogen and oxygen atoms in total. The van der Waals surface area contributed by atoms with Crippen molar-refractivity contribution in [3.8, 4) is 0 Å². The molecule has 0 atom stereocenters. The summed E-state index contributed by atoms with van der Waals surface area (Å²) in [5.41, 5.74) is 4.39. The SMILES string of the molecule is CCOC(=O)c1c(N)cnc(C(F)F)c1Cl. The molecular weight excluding hydrogens is 242 g/mol. The number of carbonyl (C=O) groups excluding carboxylic acids is 1. The highest BCUT2D eigenvalue weighted by Gasteiger charge is 2.23. The highest BCUT2D eigenvalue weighted by Crippen LogP contribution is 2.31. The second-order valence-corrected chi connectivity index (χ2v) is 3.19. The van der Waals surface area contributed by atoms with Gasteiger partial charge in [-0.2, -0.15) is 0 Å². The minimum Gasteiger partial charge on any atom is -0.462 e. The van der Waals surface area contributed by atoms with Crippen LogP contribution in [0.2, 0.25) is 5.02 Å². The Hall–Kier alpha value is -1.43. The predicted molar refractivity (Wildman–Crippen MR) is 54.6 cm³/mol. The Balaban J connectivity index is 3.26. The first-order valence-corrected chi connectivity index (χ1v) is 4.76. The highest BCUT2D eigenvalue weighted by atomic mass is 35.5. The first-order valence-electron chi connectivity index (χ1n) is 4.38. The van der Waals surface area contributed by atoms with Gasteiger partial charge in [0, 0.05) is 0 Å². The number of nitrogens with zero attached hydrogens (tertiary/aromatic N) is 1. The molecule has 0 aliphatic rings. The number of alkyl halides is 2. The molecule has 1 heterocycles. The van der Waals surface area contributed by atoms with Gasteiger partial charge in [0.1, 0.15) is 11.3 Å². The molecule has 1 aromatic rings. The molecule has 0 saturated heterocycles. The fraction of sp³-hybridized carbons (Fsp3) is 0.333. The lowest BCUT2D eigenvalue weighted by molar-refractivity contribution is 0.0527. The number of rotatable bonds is 3. The Morgan fingerprint density at radius 2 is 2.31 bits per heavy atom. The number of nitrogen functional groups attached to an aromatic ring is 1. The van der Waals surface area contributed by atoms with Crippen molar-refractivity contribution in [2.75, 3.05) is 12.3 Å². The monoisotopic (exact) mass is 250 g/mol. The lowest BCUT2D eigenvalue weighted by Gasteiger charge is -2.09. The fourth-order valence-electron chi connectivity index (χ4n) is 1.08. The first kappa shape index (κ1) is 12.6. The normalized spacial score (nSPS) is 10.6. The smallest absolute Gasteiger partial charge is 0.341 e. The van der Waals surface area contributed by atoms with Gasteiger partial charge in [-0.15, -0.1) is 0 Å². The lowest BCUT2D eigenvalue weighted by atomic mass is 10.2. The lowest BCUT2D eigenvalue weighted by Crippen LogP contribution is -2.11. The summed E-state index contributed by atoms with van der Waals surface area (Å²) in [7, 11) is 0. The van der Waals surface area contributed by atoms with E-state index in [4.69, 9.17) is 17.3 Å². The molecule has 0 unspecified atom stereocenters. The molecule has 0 bridgehead atoms. The largest absolute Gasteiger partial charge is 0.462 e. The molecule has 0 aliphatic carbocycles. The van der Waals surface area contributed by atoms with Gasteiger partial charge in [0.25, 0.3) is 6.43 Å². The van der Waals surface area contributed by atoms with Crippen LogP contribution in [0.25, 0.3) is 0 Å². The predicted octanol–water partition coefficient (Wildman–Crippen LogP) is 2.43. The number of anilines is 1. The second kappa shape index (κ2) is 5.07. The van der Waals surface area contributed by atoms with Crippen molar-refractivity contribution in [1.82, 2.24) is 4.98 Å². The summed E-state index contributed by atoms with van der Waals surface area (Å²) in [4.78, 5) is 14.8. The van der Waals surface area contributed by atoms with E-state index in [-0.39, 0.29) is 17.9 Å². The zero-order chi connectivity index (χ0) is 12.3.